The Labute approximate surface area is 121 Å². The normalized spacial score (nSPS) is 12.1. The van der Waals surface area contributed by atoms with Crippen LogP contribution in [-0.4, -0.2) is 0 Å². The molecule has 0 spiro atoms. The van der Waals surface area contributed by atoms with Gasteiger partial charge in [0, 0.05) is 0 Å². The van der Waals surface area contributed by atoms with Gasteiger partial charge in [-0.15, -0.1) is 0 Å². The van der Waals surface area contributed by atoms with Gasteiger partial charge < -0.3 is 0 Å². The van der Waals surface area contributed by atoms with Gasteiger partial charge in [-0.1, -0.05) is 104 Å². The summed E-state index contributed by atoms with van der Waals surface area (Å²) in [5.41, 5.74) is 3.57. The summed E-state index contributed by atoms with van der Waals surface area (Å²) >= 11 is 0. The van der Waals surface area contributed by atoms with Gasteiger partial charge in [-0.2, -0.15) is 0 Å². The molecule has 0 aliphatic heterocycles. The number of hydrogen-bond donors (Lipinski definition) is 0. The molecule has 2 aromatic rings. The van der Waals surface area contributed by atoms with Crippen LogP contribution in [0.1, 0.15) is 11.1 Å². The third-order valence-electron chi connectivity index (χ3n) is 2.89. The van der Waals surface area contributed by atoms with Gasteiger partial charge in [0.05, 0.1) is 0 Å². The van der Waals surface area contributed by atoms with E-state index in [1.54, 1.807) is 6.08 Å². The lowest BCUT2D eigenvalue weighted by Crippen LogP contribution is -1.79. The predicted octanol–water partition coefficient (Wildman–Crippen LogP) is 5.53. The highest BCUT2D eigenvalue weighted by molar-refractivity contribution is 5.79. The predicted molar refractivity (Wildman–Crippen MR) is 89.2 cm³/mol. The quantitative estimate of drug-likeness (QED) is 0.619. The van der Waals surface area contributed by atoms with Gasteiger partial charge in [0.2, 0.25) is 0 Å². The van der Waals surface area contributed by atoms with E-state index in [9.17, 15) is 0 Å². The standard InChI is InChI=1S/C20H18/c1-2-3-6-13-20(19-14-9-5-10-15-19)17-16-18-11-7-4-8-12-18/h2-17H,1H2. The molecule has 0 unspecified atom stereocenters. The van der Waals surface area contributed by atoms with Gasteiger partial charge in [-0.3, -0.25) is 0 Å². The average molecular weight is 258 g/mol. The first kappa shape index (κ1) is 13.8. The summed E-state index contributed by atoms with van der Waals surface area (Å²) in [7, 11) is 0. The Balaban J connectivity index is 2.28. The van der Waals surface area contributed by atoms with Crippen LogP contribution in [0.15, 0.2) is 97.6 Å². The van der Waals surface area contributed by atoms with Crippen LogP contribution >= 0.6 is 0 Å². The van der Waals surface area contributed by atoms with Gasteiger partial charge >= 0.3 is 0 Å². The first-order valence-corrected chi connectivity index (χ1v) is 6.68. The molecule has 2 aromatic carbocycles. The summed E-state index contributed by atoms with van der Waals surface area (Å²) < 4.78 is 0. The fraction of sp³-hybridized carbons (Fsp3) is 0. The van der Waals surface area contributed by atoms with E-state index in [1.165, 1.54) is 16.7 Å². The smallest absolute Gasteiger partial charge is 0.0184 e. The van der Waals surface area contributed by atoms with E-state index in [2.05, 4.69) is 61.2 Å². The van der Waals surface area contributed by atoms with Crippen LogP contribution in [0.25, 0.3) is 11.6 Å². The number of benzene rings is 2. The summed E-state index contributed by atoms with van der Waals surface area (Å²) in [6, 6.07) is 20.7. The van der Waals surface area contributed by atoms with Crippen molar-refractivity contribution in [1.82, 2.24) is 0 Å². The van der Waals surface area contributed by atoms with Gasteiger partial charge in [0.15, 0.2) is 0 Å². The Morgan fingerprint density at radius 3 is 2.10 bits per heavy atom. The molecular weight excluding hydrogens is 240 g/mol. The second-order valence-electron chi connectivity index (χ2n) is 4.35. The number of rotatable bonds is 5. The van der Waals surface area contributed by atoms with Crippen molar-refractivity contribution in [3.8, 4) is 0 Å². The Kier molecular flexibility index (Phi) is 5.36. The third kappa shape index (κ3) is 4.25. The van der Waals surface area contributed by atoms with Crippen molar-refractivity contribution in [2.45, 2.75) is 0 Å². The molecule has 2 rings (SSSR count). The van der Waals surface area contributed by atoms with Gasteiger partial charge in [-0.25, -0.2) is 0 Å². The van der Waals surface area contributed by atoms with Gasteiger partial charge in [-0.05, 0) is 16.7 Å². The van der Waals surface area contributed by atoms with Crippen LogP contribution in [0.2, 0.25) is 0 Å². The first-order chi connectivity index (χ1) is 9.90. The zero-order chi connectivity index (χ0) is 14.0. The number of hydrogen-bond acceptors (Lipinski definition) is 0. The van der Waals surface area contributed by atoms with E-state index in [-0.39, 0.29) is 0 Å². The molecule has 0 heteroatoms. The number of allylic oxidation sites excluding steroid dienone is 6. The minimum atomic E-state index is 1.17. The second kappa shape index (κ2) is 7.75. The minimum absolute atomic E-state index is 1.17. The monoisotopic (exact) mass is 258 g/mol. The Morgan fingerprint density at radius 2 is 1.45 bits per heavy atom. The van der Waals surface area contributed by atoms with Crippen molar-refractivity contribution in [1.29, 1.82) is 0 Å². The maximum Gasteiger partial charge on any atom is -0.0184 e. The van der Waals surface area contributed by atoms with Crippen molar-refractivity contribution in [2.24, 2.45) is 0 Å². The third-order valence-corrected chi connectivity index (χ3v) is 2.89. The van der Waals surface area contributed by atoms with Crippen molar-refractivity contribution >= 4 is 11.6 Å². The second-order valence-corrected chi connectivity index (χ2v) is 4.35. The van der Waals surface area contributed by atoms with E-state index in [1.807, 2.05) is 36.4 Å². The van der Waals surface area contributed by atoms with E-state index in [4.69, 9.17) is 0 Å². The molecule has 0 N–H and O–H groups in total. The summed E-state index contributed by atoms with van der Waals surface area (Å²) in [5.74, 6) is 0. The first-order valence-electron chi connectivity index (χ1n) is 6.68. The Hall–Kier alpha value is -2.60. The van der Waals surface area contributed by atoms with E-state index in [0.717, 1.165) is 0 Å². The molecular formula is C20H18. The fourth-order valence-corrected chi connectivity index (χ4v) is 1.87. The molecule has 0 saturated carbocycles. The lowest BCUT2D eigenvalue weighted by Gasteiger charge is -2.01. The molecule has 20 heavy (non-hydrogen) atoms. The van der Waals surface area contributed by atoms with Crippen molar-refractivity contribution in [3.63, 3.8) is 0 Å². The van der Waals surface area contributed by atoms with Crippen LogP contribution in [0.5, 0.6) is 0 Å². The zero-order valence-corrected chi connectivity index (χ0v) is 11.4. The molecule has 0 heterocycles. The molecule has 0 nitrogen and oxygen atoms in total. The molecule has 0 aliphatic carbocycles. The topological polar surface area (TPSA) is 0 Å². The lowest BCUT2D eigenvalue weighted by atomic mass is 10.0. The van der Waals surface area contributed by atoms with Crippen LogP contribution in [0, 0.1) is 0 Å². The van der Waals surface area contributed by atoms with Crippen LogP contribution < -0.4 is 0 Å². The highest BCUT2D eigenvalue weighted by Crippen LogP contribution is 2.17. The van der Waals surface area contributed by atoms with E-state index in [0.29, 0.717) is 0 Å². The SMILES string of the molecule is C=CC=CC=C(C=Cc1ccccc1)c1ccccc1. The summed E-state index contributed by atoms with van der Waals surface area (Å²) in [6.45, 7) is 3.69. The molecule has 98 valence electrons. The fourth-order valence-electron chi connectivity index (χ4n) is 1.87. The van der Waals surface area contributed by atoms with Crippen LogP contribution in [0.4, 0.5) is 0 Å². The van der Waals surface area contributed by atoms with E-state index < -0.39 is 0 Å². The highest BCUT2D eigenvalue weighted by Gasteiger charge is 1.95. The molecule has 0 radical (unpaired) electrons. The highest BCUT2D eigenvalue weighted by atomic mass is 14.0. The molecule has 0 aromatic heterocycles. The maximum atomic E-state index is 3.69. The van der Waals surface area contributed by atoms with Crippen LogP contribution in [0.3, 0.4) is 0 Å². The Bertz CT molecular complexity index is 614. The van der Waals surface area contributed by atoms with Crippen molar-refractivity contribution < 1.29 is 0 Å². The Morgan fingerprint density at radius 1 is 0.800 bits per heavy atom. The minimum Gasteiger partial charge on any atom is -0.0991 e. The van der Waals surface area contributed by atoms with Gasteiger partial charge in [0.1, 0.15) is 0 Å². The largest absolute Gasteiger partial charge is 0.0991 e. The molecule has 0 amide bonds. The van der Waals surface area contributed by atoms with Gasteiger partial charge in [0.25, 0.3) is 0 Å². The summed E-state index contributed by atoms with van der Waals surface area (Å²) in [6.07, 6.45) is 12.1. The summed E-state index contributed by atoms with van der Waals surface area (Å²) in [5, 5.41) is 0. The molecule has 0 aliphatic rings. The van der Waals surface area contributed by atoms with Crippen LogP contribution in [-0.2, 0) is 0 Å². The van der Waals surface area contributed by atoms with Crippen molar-refractivity contribution in [2.75, 3.05) is 0 Å². The maximum absolute atomic E-state index is 3.69. The summed E-state index contributed by atoms with van der Waals surface area (Å²) in [4.78, 5) is 0. The molecule has 0 bridgehead atoms. The lowest BCUT2D eigenvalue weighted by molar-refractivity contribution is 1.61. The average Bonchev–Trinajstić information content (AvgIpc) is 2.52. The van der Waals surface area contributed by atoms with Crippen molar-refractivity contribution in [3.05, 3.63) is 109 Å². The zero-order valence-electron chi connectivity index (χ0n) is 11.4. The molecule has 0 atom stereocenters. The molecule has 0 saturated heterocycles. The molecule has 0 fully saturated rings. The van der Waals surface area contributed by atoms with E-state index >= 15 is 0 Å².